The van der Waals surface area contributed by atoms with Gasteiger partial charge in [0.05, 0.1) is 4.92 Å². The molecule has 0 radical (unpaired) electrons. The Hall–Kier alpha value is -2.11. The molecule has 20 heavy (non-hydrogen) atoms. The summed E-state index contributed by atoms with van der Waals surface area (Å²) in [5.74, 6) is -1.27. The van der Waals surface area contributed by atoms with E-state index in [1.54, 1.807) is 6.07 Å². The van der Waals surface area contributed by atoms with E-state index in [1.807, 2.05) is 11.9 Å². The zero-order valence-electron chi connectivity index (χ0n) is 11.4. The highest BCUT2D eigenvalue weighted by molar-refractivity contribution is 5.93. The number of rotatable bonds is 4. The first-order valence-corrected chi connectivity index (χ1v) is 6.75. The van der Waals surface area contributed by atoms with Gasteiger partial charge in [-0.25, -0.2) is 4.79 Å². The number of carboxylic acids is 1. The highest BCUT2D eigenvalue weighted by Gasteiger charge is 2.24. The number of aromatic carboxylic acids is 1. The molecule has 1 aliphatic rings. The molecule has 0 spiro atoms. The third-order valence-corrected chi connectivity index (χ3v) is 3.94. The highest BCUT2D eigenvalue weighted by Crippen LogP contribution is 2.30. The van der Waals surface area contributed by atoms with Gasteiger partial charge in [-0.05, 0) is 25.0 Å². The van der Waals surface area contributed by atoms with E-state index in [0.29, 0.717) is 11.7 Å². The van der Waals surface area contributed by atoms with Gasteiger partial charge in [0.15, 0.2) is 0 Å². The van der Waals surface area contributed by atoms with E-state index >= 15 is 0 Å². The van der Waals surface area contributed by atoms with Gasteiger partial charge < -0.3 is 10.0 Å². The molecule has 1 aromatic rings. The summed E-state index contributed by atoms with van der Waals surface area (Å²) in [5, 5.41) is 20.0. The van der Waals surface area contributed by atoms with Crippen molar-refractivity contribution in [1.82, 2.24) is 0 Å². The lowest BCUT2D eigenvalue weighted by molar-refractivity contribution is -0.385. The van der Waals surface area contributed by atoms with Crippen LogP contribution >= 0.6 is 0 Å². The Morgan fingerprint density at radius 2 is 2.00 bits per heavy atom. The largest absolute Gasteiger partial charge is 0.477 e. The summed E-state index contributed by atoms with van der Waals surface area (Å²) < 4.78 is 0. The summed E-state index contributed by atoms with van der Waals surface area (Å²) in [4.78, 5) is 23.4. The SMILES string of the molecule is CN(c1ccc(C(=O)O)c([N+](=O)[O-])c1)C1CCCCC1. The van der Waals surface area contributed by atoms with E-state index in [4.69, 9.17) is 5.11 Å². The second-order valence-corrected chi connectivity index (χ2v) is 5.17. The molecule has 1 N–H and O–H groups in total. The zero-order chi connectivity index (χ0) is 14.7. The minimum Gasteiger partial charge on any atom is -0.477 e. The van der Waals surface area contributed by atoms with Crippen molar-refractivity contribution in [3.63, 3.8) is 0 Å². The molecular formula is C14H18N2O4. The molecule has 0 atom stereocenters. The molecule has 2 rings (SSSR count). The number of hydrogen-bond acceptors (Lipinski definition) is 4. The number of nitro benzene ring substituents is 1. The van der Waals surface area contributed by atoms with Crippen molar-refractivity contribution in [3.05, 3.63) is 33.9 Å². The molecular weight excluding hydrogens is 260 g/mol. The second kappa shape index (κ2) is 5.90. The molecule has 6 nitrogen and oxygen atoms in total. The van der Waals surface area contributed by atoms with E-state index in [1.165, 1.54) is 31.4 Å². The van der Waals surface area contributed by atoms with Crippen LogP contribution in [0.25, 0.3) is 0 Å². The van der Waals surface area contributed by atoms with Crippen molar-refractivity contribution >= 4 is 17.3 Å². The van der Waals surface area contributed by atoms with Gasteiger partial charge in [0, 0.05) is 24.8 Å². The summed E-state index contributed by atoms with van der Waals surface area (Å²) in [5.41, 5.74) is 0.0852. The molecule has 0 bridgehead atoms. The highest BCUT2D eigenvalue weighted by atomic mass is 16.6. The maximum absolute atomic E-state index is 11.0. The first kappa shape index (κ1) is 14.3. The predicted octanol–water partition coefficient (Wildman–Crippen LogP) is 3.06. The van der Waals surface area contributed by atoms with Crippen molar-refractivity contribution in [2.45, 2.75) is 38.1 Å². The van der Waals surface area contributed by atoms with Gasteiger partial charge in [-0.1, -0.05) is 19.3 Å². The molecule has 0 aromatic heterocycles. The molecule has 0 unspecified atom stereocenters. The number of benzene rings is 1. The molecule has 0 amide bonds. The van der Waals surface area contributed by atoms with Gasteiger partial charge in [-0.3, -0.25) is 10.1 Å². The van der Waals surface area contributed by atoms with Crippen molar-refractivity contribution < 1.29 is 14.8 Å². The average molecular weight is 278 g/mol. The van der Waals surface area contributed by atoms with E-state index < -0.39 is 10.9 Å². The maximum atomic E-state index is 11.0. The van der Waals surface area contributed by atoms with Crippen LogP contribution in [0.4, 0.5) is 11.4 Å². The number of carboxylic acid groups (broad SMARTS) is 1. The van der Waals surface area contributed by atoms with Crippen molar-refractivity contribution in [2.24, 2.45) is 0 Å². The summed E-state index contributed by atoms with van der Waals surface area (Å²) >= 11 is 0. The number of carbonyl (C=O) groups is 1. The fourth-order valence-corrected chi connectivity index (χ4v) is 2.75. The lowest BCUT2D eigenvalue weighted by atomic mass is 9.94. The number of nitro groups is 1. The van der Waals surface area contributed by atoms with Crippen LogP contribution in [-0.2, 0) is 0 Å². The van der Waals surface area contributed by atoms with E-state index in [0.717, 1.165) is 12.8 Å². The van der Waals surface area contributed by atoms with Crippen LogP contribution in [-0.4, -0.2) is 29.1 Å². The molecule has 0 saturated heterocycles. The predicted molar refractivity (Wildman–Crippen MR) is 75.3 cm³/mol. The number of hydrogen-bond donors (Lipinski definition) is 1. The first-order valence-electron chi connectivity index (χ1n) is 6.75. The standard InChI is InChI=1S/C14H18N2O4/c1-15(10-5-3-2-4-6-10)11-7-8-12(14(17)18)13(9-11)16(19)20/h7-10H,2-6H2,1H3,(H,17,18). The number of nitrogens with zero attached hydrogens (tertiary/aromatic N) is 2. The summed E-state index contributed by atoms with van der Waals surface area (Å²) in [6, 6.07) is 4.69. The van der Waals surface area contributed by atoms with E-state index in [-0.39, 0.29) is 11.3 Å². The monoisotopic (exact) mass is 278 g/mol. The van der Waals surface area contributed by atoms with Gasteiger partial charge in [0.25, 0.3) is 5.69 Å². The third-order valence-electron chi connectivity index (χ3n) is 3.94. The minimum atomic E-state index is -1.27. The third kappa shape index (κ3) is 2.89. The van der Waals surface area contributed by atoms with E-state index in [9.17, 15) is 14.9 Å². The second-order valence-electron chi connectivity index (χ2n) is 5.17. The van der Waals surface area contributed by atoms with Crippen LogP contribution < -0.4 is 4.90 Å². The molecule has 108 valence electrons. The van der Waals surface area contributed by atoms with Crippen LogP contribution in [0.3, 0.4) is 0 Å². The van der Waals surface area contributed by atoms with Gasteiger partial charge in [-0.15, -0.1) is 0 Å². The summed E-state index contributed by atoms with van der Waals surface area (Å²) in [6.07, 6.45) is 5.73. The maximum Gasteiger partial charge on any atom is 0.342 e. The first-order chi connectivity index (χ1) is 9.50. The summed E-state index contributed by atoms with van der Waals surface area (Å²) in [7, 11) is 1.91. The van der Waals surface area contributed by atoms with Gasteiger partial charge in [0.2, 0.25) is 0 Å². The Kier molecular flexibility index (Phi) is 4.22. The molecule has 1 aliphatic carbocycles. The van der Waals surface area contributed by atoms with Crippen LogP contribution in [0.2, 0.25) is 0 Å². The topological polar surface area (TPSA) is 83.7 Å². The lowest BCUT2D eigenvalue weighted by Crippen LogP contribution is -2.33. The molecule has 1 saturated carbocycles. The Morgan fingerprint density at radius 3 is 2.55 bits per heavy atom. The Bertz CT molecular complexity index is 524. The van der Waals surface area contributed by atoms with Crippen LogP contribution in [0.15, 0.2) is 18.2 Å². The molecule has 6 heteroatoms. The molecule has 1 fully saturated rings. The zero-order valence-corrected chi connectivity index (χ0v) is 11.4. The Labute approximate surface area is 117 Å². The normalized spacial score (nSPS) is 15.8. The average Bonchev–Trinajstić information content (AvgIpc) is 2.46. The van der Waals surface area contributed by atoms with Crippen molar-refractivity contribution in [1.29, 1.82) is 0 Å². The van der Waals surface area contributed by atoms with Gasteiger partial charge in [-0.2, -0.15) is 0 Å². The minimum absolute atomic E-state index is 0.268. The number of anilines is 1. The molecule has 0 heterocycles. The fourth-order valence-electron chi connectivity index (χ4n) is 2.75. The van der Waals surface area contributed by atoms with Crippen LogP contribution in [0, 0.1) is 10.1 Å². The van der Waals surface area contributed by atoms with Gasteiger partial charge >= 0.3 is 5.97 Å². The summed E-state index contributed by atoms with van der Waals surface area (Å²) in [6.45, 7) is 0. The quantitative estimate of drug-likeness (QED) is 0.676. The molecule has 1 aromatic carbocycles. The van der Waals surface area contributed by atoms with E-state index in [2.05, 4.69) is 0 Å². The Balaban J connectivity index is 2.30. The molecule has 0 aliphatic heterocycles. The Morgan fingerprint density at radius 1 is 1.35 bits per heavy atom. The lowest BCUT2D eigenvalue weighted by Gasteiger charge is -2.32. The van der Waals surface area contributed by atoms with Crippen molar-refractivity contribution in [3.8, 4) is 0 Å². The van der Waals surface area contributed by atoms with Crippen LogP contribution in [0.5, 0.6) is 0 Å². The smallest absolute Gasteiger partial charge is 0.342 e. The fraction of sp³-hybridized carbons (Fsp3) is 0.500. The van der Waals surface area contributed by atoms with Gasteiger partial charge in [0.1, 0.15) is 5.56 Å². The van der Waals surface area contributed by atoms with Crippen molar-refractivity contribution in [2.75, 3.05) is 11.9 Å². The van der Waals surface area contributed by atoms with Crippen LogP contribution in [0.1, 0.15) is 42.5 Å².